The summed E-state index contributed by atoms with van der Waals surface area (Å²) in [5.74, 6) is 0. The molecule has 0 saturated carbocycles. The van der Waals surface area contributed by atoms with Crippen molar-refractivity contribution in [3.8, 4) is 44.5 Å². The number of rotatable bonds is 7. The molecular weight excluding hydrogens is 805 g/mol. The Bertz CT molecular complexity index is 3820. The van der Waals surface area contributed by atoms with E-state index in [1.165, 1.54) is 103 Å². The Kier molecular flexibility index (Phi) is 8.75. The molecule has 0 aliphatic heterocycles. The van der Waals surface area contributed by atoms with Crippen LogP contribution < -0.4 is 4.90 Å². The third-order valence-electron chi connectivity index (χ3n) is 13.2. The van der Waals surface area contributed by atoms with Crippen LogP contribution in [0, 0.1) is 0 Å². The summed E-state index contributed by atoms with van der Waals surface area (Å²) >= 11 is 1.90. The molecule has 0 atom stereocenters. The minimum absolute atomic E-state index is 1.10. The Morgan fingerprint density at radius 1 is 0.338 bits per heavy atom. The Balaban J connectivity index is 0.976. The van der Waals surface area contributed by atoms with Crippen molar-refractivity contribution in [1.82, 2.24) is 4.40 Å². The molecule has 0 aliphatic rings. The van der Waals surface area contributed by atoms with Gasteiger partial charge in [-0.3, -0.25) is 0 Å². The average molecular weight is 845 g/mol. The van der Waals surface area contributed by atoms with Crippen LogP contribution in [0.15, 0.2) is 243 Å². The zero-order valence-corrected chi connectivity index (χ0v) is 36.2. The van der Waals surface area contributed by atoms with Crippen LogP contribution in [-0.2, 0) is 0 Å². The summed E-state index contributed by atoms with van der Waals surface area (Å²) in [6.45, 7) is 0. The van der Waals surface area contributed by atoms with E-state index in [1.807, 2.05) is 11.3 Å². The zero-order valence-electron chi connectivity index (χ0n) is 35.4. The van der Waals surface area contributed by atoms with Gasteiger partial charge in [0.15, 0.2) is 0 Å². The number of anilines is 3. The first-order valence-corrected chi connectivity index (χ1v) is 23.1. The summed E-state index contributed by atoms with van der Waals surface area (Å²) in [6, 6.07) is 86.5. The highest BCUT2D eigenvalue weighted by atomic mass is 32.1. The molecule has 10 aromatic carbocycles. The van der Waals surface area contributed by atoms with Crippen LogP contribution >= 0.6 is 11.3 Å². The summed E-state index contributed by atoms with van der Waals surface area (Å²) in [5, 5.41) is 8.96. The normalized spacial score (nSPS) is 11.7. The Morgan fingerprint density at radius 3 is 1.48 bits per heavy atom. The number of hydrogen-bond donors (Lipinski definition) is 0. The van der Waals surface area contributed by atoms with Crippen molar-refractivity contribution in [1.29, 1.82) is 0 Å². The summed E-state index contributed by atoms with van der Waals surface area (Å²) in [7, 11) is 0. The number of hydrogen-bond acceptors (Lipinski definition) is 2. The molecule has 0 spiro atoms. The lowest BCUT2D eigenvalue weighted by molar-refractivity contribution is 1.26. The number of fused-ring (bicyclic) bond motifs is 11. The zero-order chi connectivity index (χ0) is 42.8. The van der Waals surface area contributed by atoms with Crippen LogP contribution in [0.1, 0.15) is 0 Å². The van der Waals surface area contributed by atoms with Crippen LogP contribution in [0.3, 0.4) is 0 Å². The van der Waals surface area contributed by atoms with E-state index < -0.39 is 0 Å². The van der Waals surface area contributed by atoms with Gasteiger partial charge in [-0.15, -0.1) is 11.3 Å². The van der Waals surface area contributed by atoms with E-state index in [0.717, 1.165) is 17.1 Å². The molecular formula is C62H40N2S. The predicted molar refractivity (Wildman–Crippen MR) is 279 cm³/mol. The van der Waals surface area contributed by atoms with Crippen LogP contribution in [0.25, 0.3) is 103 Å². The minimum Gasteiger partial charge on any atom is -0.315 e. The molecule has 0 aliphatic carbocycles. The van der Waals surface area contributed by atoms with Gasteiger partial charge in [0.25, 0.3) is 0 Å². The Morgan fingerprint density at radius 2 is 0.831 bits per heavy atom. The van der Waals surface area contributed by atoms with Crippen LogP contribution in [0.4, 0.5) is 17.1 Å². The molecule has 0 amide bonds. The fourth-order valence-corrected chi connectivity index (χ4v) is 11.4. The molecule has 13 rings (SSSR count). The third-order valence-corrected chi connectivity index (χ3v) is 14.4. The van der Waals surface area contributed by atoms with E-state index in [9.17, 15) is 0 Å². The Hall–Kier alpha value is -8.24. The van der Waals surface area contributed by atoms with Crippen molar-refractivity contribution in [2.45, 2.75) is 0 Å². The highest BCUT2D eigenvalue weighted by Gasteiger charge is 2.23. The van der Waals surface area contributed by atoms with E-state index in [-0.39, 0.29) is 0 Å². The maximum atomic E-state index is 2.44. The van der Waals surface area contributed by atoms with Gasteiger partial charge in [0, 0.05) is 65.3 Å². The van der Waals surface area contributed by atoms with E-state index in [4.69, 9.17) is 0 Å². The van der Waals surface area contributed by atoms with Gasteiger partial charge >= 0.3 is 0 Å². The molecule has 304 valence electrons. The van der Waals surface area contributed by atoms with Gasteiger partial charge in [0.05, 0.1) is 11.0 Å². The summed E-state index contributed by atoms with van der Waals surface area (Å²) < 4.78 is 5.07. The predicted octanol–water partition coefficient (Wildman–Crippen LogP) is 17.9. The SMILES string of the molecule is c1ccc(-c2ccc(N(c3ccc(-c4ccccc4)cc3)c3ccc(-c4ccc5c6ccccc6c6c(c(-c7cccc8c7sc7ccccc78)c7ccccn76)c5c4)cc3)cc2)cc1. The van der Waals surface area contributed by atoms with Crippen LogP contribution in [0.2, 0.25) is 0 Å². The van der Waals surface area contributed by atoms with E-state index in [0.29, 0.717) is 0 Å². The first-order valence-electron chi connectivity index (χ1n) is 22.2. The molecule has 0 bridgehead atoms. The molecule has 0 fully saturated rings. The molecule has 0 radical (unpaired) electrons. The first kappa shape index (κ1) is 37.3. The number of aromatic nitrogens is 1. The smallest absolute Gasteiger partial charge is 0.0620 e. The maximum absolute atomic E-state index is 2.44. The number of nitrogens with zero attached hydrogens (tertiary/aromatic N) is 2. The molecule has 0 unspecified atom stereocenters. The summed E-state index contributed by atoms with van der Waals surface area (Å²) in [5.41, 5.74) is 15.5. The lowest BCUT2D eigenvalue weighted by Crippen LogP contribution is -2.09. The number of thiophene rings is 1. The second kappa shape index (κ2) is 15.2. The van der Waals surface area contributed by atoms with E-state index in [2.05, 4.69) is 252 Å². The second-order valence-electron chi connectivity index (χ2n) is 16.8. The van der Waals surface area contributed by atoms with Crippen molar-refractivity contribution in [2.75, 3.05) is 4.90 Å². The van der Waals surface area contributed by atoms with Crippen molar-refractivity contribution in [2.24, 2.45) is 0 Å². The molecule has 0 N–H and O–H groups in total. The maximum Gasteiger partial charge on any atom is 0.0620 e. The lowest BCUT2D eigenvalue weighted by Gasteiger charge is -2.26. The third kappa shape index (κ3) is 6.16. The number of pyridine rings is 1. The van der Waals surface area contributed by atoms with Crippen molar-refractivity contribution >= 4 is 86.5 Å². The molecule has 3 heteroatoms. The van der Waals surface area contributed by atoms with Gasteiger partial charge in [-0.05, 0) is 110 Å². The van der Waals surface area contributed by atoms with E-state index in [1.54, 1.807) is 0 Å². The fourth-order valence-electron chi connectivity index (χ4n) is 10.2. The van der Waals surface area contributed by atoms with Gasteiger partial charge in [-0.1, -0.05) is 176 Å². The molecule has 3 heterocycles. The van der Waals surface area contributed by atoms with Crippen LogP contribution in [0.5, 0.6) is 0 Å². The van der Waals surface area contributed by atoms with Crippen molar-refractivity contribution in [3.63, 3.8) is 0 Å². The number of benzene rings is 10. The minimum atomic E-state index is 1.10. The first-order chi connectivity index (χ1) is 32.2. The monoisotopic (exact) mass is 844 g/mol. The van der Waals surface area contributed by atoms with Crippen molar-refractivity contribution in [3.05, 3.63) is 243 Å². The standard InChI is InChI=1S/C62H40N2S/c1-3-14-41(15-4-1)43-25-32-47(33-26-43)64(48-34-27-44(28-35-48)42-16-5-2-6-17-42)49-36-29-45(30-37-49)46-31-38-51-50-18-7-8-20-53(50)61-60(56(51)40-46)59(57-23-11-12-39-63(57)61)55-22-13-21-54-52-19-9-10-24-58(52)65-62(54)55/h1-40H. The highest BCUT2D eigenvalue weighted by molar-refractivity contribution is 7.26. The largest absolute Gasteiger partial charge is 0.315 e. The second-order valence-corrected chi connectivity index (χ2v) is 17.9. The van der Waals surface area contributed by atoms with Gasteiger partial charge in [-0.25, -0.2) is 0 Å². The topological polar surface area (TPSA) is 7.65 Å². The summed E-state index contributed by atoms with van der Waals surface area (Å²) in [4.78, 5) is 2.36. The van der Waals surface area contributed by atoms with Gasteiger partial charge in [0.1, 0.15) is 0 Å². The lowest BCUT2D eigenvalue weighted by atomic mass is 9.91. The Labute approximate surface area is 381 Å². The molecule has 2 nitrogen and oxygen atoms in total. The molecule has 3 aromatic heterocycles. The van der Waals surface area contributed by atoms with Crippen molar-refractivity contribution < 1.29 is 0 Å². The van der Waals surface area contributed by atoms with E-state index >= 15 is 0 Å². The van der Waals surface area contributed by atoms with Gasteiger partial charge in [0.2, 0.25) is 0 Å². The molecule has 0 saturated heterocycles. The fraction of sp³-hybridized carbons (Fsp3) is 0. The van der Waals surface area contributed by atoms with Gasteiger partial charge in [-0.2, -0.15) is 0 Å². The van der Waals surface area contributed by atoms with Crippen LogP contribution in [-0.4, -0.2) is 4.40 Å². The molecule has 13 aromatic rings. The van der Waals surface area contributed by atoms with Gasteiger partial charge < -0.3 is 9.30 Å². The summed E-state index contributed by atoms with van der Waals surface area (Å²) in [6.07, 6.45) is 2.24. The quantitative estimate of drug-likeness (QED) is 0.145. The average Bonchev–Trinajstić information content (AvgIpc) is 3.94. The molecule has 65 heavy (non-hydrogen) atoms. The highest BCUT2D eigenvalue weighted by Crippen LogP contribution is 2.49.